The van der Waals surface area contributed by atoms with E-state index in [4.69, 9.17) is 19.1 Å². The molecule has 0 aliphatic heterocycles. The van der Waals surface area contributed by atoms with Crippen molar-refractivity contribution in [3.05, 3.63) is 48.8 Å². The van der Waals surface area contributed by atoms with Crippen LogP contribution in [0, 0.1) is 0 Å². The van der Waals surface area contributed by atoms with Crippen LogP contribution in [0.1, 0.15) is 0 Å². The molecule has 0 saturated carbocycles. The maximum absolute atomic E-state index is 4.81. The van der Waals surface area contributed by atoms with Crippen LogP contribution >= 0.6 is 19.1 Å². The first-order chi connectivity index (χ1) is 8.86. The van der Waals surface area contributed by atoms with Crippen molar-refractivity contribution in [1.82, 2.24) is 9.97 Å². The molecule has 0 spiro atoms. The van der Waals surface area contributed by atoms with Crippen LogP contribution in [0.4, 0.5) is 11.6 Å². The molecule has 2 rings (SSSR count). The predicted octanol–water partition coefficient (Wildman–Crippen LogP) is 3.33. The van der Waals surface area contributed by atoms with E-state index in [9.17, 15) is 0 Å². The van der Waals surface area contributed by atoms with Crippen LogP contribution in [-0.2, 0) is 15.9 Å². The Kier molecular flexibility index (Phi) is 8.53. The zero-order valence-electron chi connectivity index (χ0n) is 9.29. The second-order valence-electron chi connectivity index (χ2n) is 3.01. The molecule has 2 aromatic rings. The number of nitrogens with zero attached hydrogens (tertiary/aromatic N) is 2. The van der Waals surface area contributed by atoms with Crippen molar-refractivity contribution >= 4 is 30.7 Å². The van der Waals surface area contributed by atoms with Crippen LogP contribution < -0.4 is 10.6 Å². The average molecular weight is 378 g/mol. The smallest absolute Gasteiger partial charge is 0.127 e. The molecule has 0 atom stereocenters. The molecule has 0 unspecified atom stereocenters. The van der Waals surface area contributed by atoms with Gasteiger partial charge in [-0.3, -0.25) is 0 Å². The molecule has 7 heteroatoms. The van der Waals surface area contributed by atoms with E-state index in [-0.39, 0.29) is 15.9 Å². The minimum atomic E-state index is -0.106. The Morgan fingerprint density at radius 3 is 1.67 bits per heavy atom. The van der Waals surface area contributed by atoms with E-state index in [2.05, 4.69) is 20.6 Å². The standard InChI is InChI=1S/C11H12N4.2ClH.Pd/c1-3-7-12-10(5-1)14-9-15-11-6-2-4-8-13-11;;;/h1-8H,9H2,(H,12,14)(H,13,15);2*1H;/q;;;+2/p-2. The van der Waals surface area contributed by atoms with Gasteiger partial charge >= 0.3 is 35.0 Å². The minimum absolute atomic E-state index is 0.106. The van der Waals surface area contributed by atoms with E-state index in [1.807, 2.05) is 36.4 Å². The van der Waals surface area contributed by atoms with Gasteiger partial charge in [0.1, 0.15) is 11.6 Å². The van der Waals surface area contributed by atoms with Gasteiger partial charge in [0.25, 0.3) is 0 Å². The molecule has 0 fully saturated rings. The van der Waals surface area contributed by atoms with Crippen LogP contribution in [0.15, 0.2) is 48.8 Å². The largest absolute Gasteiger partial charge is 0.353 e. The summed E-state index contributed by atoms with van der Waals surface area (Å²) in [5.74, 6) is 1.70. The van der Waals surface area contributed by atoms with E-state index in [1.54, 1.807) is 12.4 Å². The summed E-state index contributed by atoms with van der Waals surface area (Å²) in [6, 6.07) is 11.5. The molecule has 4 nitrogen and oxygen atoms in total. The third-order valence-corrected chi connectivity index (χ3v) is 1.87. The van der Waals surface area contributed by atoms with Crippen molar-refractivity contribution in [3.63, 3.8) is 0 Å². The molecule has 0 aromatic carbocycles. The molecule has 0 saturated heterocycles. The fourth-order valence-corrected chi connectivity index (χ4v) is 1.16. The third kappa shape index (κ3) is 6.78. The Balaban J connectivity index is 0.000000492. The average Bonchev–Trinajstić information content (AvgIpc) is 2.42. The number of rotatable bonds is 4. The number of anilines is 2. The molecule has 100 valence electrons. The molecule has 2 N–H and O–H groups in total. The summed E-state index contributed by atoms with van der Waals surface area (Å²) in [4.78, 5) is 8.28. The Morgan fingerprint density at radius 2 is 1.33 bits per heavy atom. The predicted molar refractivity (Wildman–Crippen MR) is 72.3 cm³/mol. The van der Waals surface area contributed by atoms with Crippen LogP contribution in [0.25, 0.3) is 0 Å². The Labute approximate surface area is 122 Å². The van der Waals surface area contributed by atoms with E-state index in [0.29, 0.717) is 6.67 Å². The Morgan fingerprint density at radius 1 is 0.889 bits per heavy atom. The molecule has 0 radical (unpaired) electrons. The van der Waals surface area contributed by atoms with Gasteiger partial charge in [-0.05, 0) is 24.3 Å². The molecule has 0 bridgehead atoms. The van der Waals surface area contributed by atoms with Gasteiger partial charge in [0.05, 0.1) is 6.67 Å². The Bertz CT molecular complexity index is 376. The van der Waals surface area contributed by atoms with E-state index in [1.165, 1.54) is 0 Å². The van der Waals surface area contributed by atoms with E-state index in [0.717, 1.165) is 11.6 Å². The molecular formula is C11H12Cl2N4Pd. The van der Waals surface area contributed by atoms with Gasteiger partial charge in [-0.2, -0.15) is 0 Å². The normalized spacial score (nSPS) is 9.22. The van der Waals surface area contributed by atoms with Gasteiger partial charge in [-0.25, -0.2) is 9.97 Å². The van der Waals surface area contributed by atoms with Crippen LogP contribution in [0.5, 0.6) is 0 Å². The van der Waals surface area contributed by atoms with Crippen LogP contribution in [0.3, 0.4) is 0 Å². The zero-order chi connectivity index (χ0) is 13.1. The van der Waals surface area contributed by atoms with Gasteiger partial charge in [0.2, 0.25) is 0 Å². The van der Waals surface area contributed by atoms with Gasteiger partial charge in [-0.15, -0.1) is 0 Å². The topological polar surface area (TPSA) is 49.8 Å². The molecule has 2 heterocycles. The summed E-state index contributed by atoms with van der Waals surface area (Å²) >= 11 is -0.106. The van der Waals surface area contributed by atoms with Crippen LogP contribution in [0.2, 0.25) is 0 Å². The summed E-state index contributed by atoms with van der Waals surface area (Å²) in [5.41, 5.74) is 0. The maximum Gasteiger partial charge on any atom is 0.127 e. The van der Waals surface area contributed by atoms with Gasteiger partial charge in [-0.1, -0.05) is 12.1 Å². The third-order valence-electron chi connectivity index (χ3n) is 1.87. The molecule has 0 aliphatic rings. The van der Waals surface area contributed by atoms with Crippen molar-refractivity contribution < 1.29 is 15.9 Å². The molecule has 2 aromatic heterocycles. The Hall–Kier alpha value is -0.858. The number of nitrogens with one attached hydrogen (secondary N) is 2. The van der Waals surface area contributed by atoms with Gasteiger partial charge < -0.3 is 10.6 Å². The van der Waals surface area contributed by atoms with Crippen molar-refractivity contribution in [3.8, 4) is 0 Å². The second kappa shape index (κ2) is 10.1. The van der Waals surface area contributed by atoms with Gasteiger partial charge in [0.15, 0.2) is 0 Å². The number of aromatic nitrogens is 2. The van der Waals surface area contributed by atoms with Crippen molar-refractivity contribution in [1.29, 1.82) is 0 Å². The summed E-state index contributed by atoms with van der Waals surface area (Å²) in [6.07, 6.45) is 3.51. The second-order valence-corrected chi connectivity index (χ2v) is 5.37. The van der Waals surface area contributed by atoms with Crippen molar-refractivity contribution in [2.75, 3.05) is 17.3 Å². The fourth-order valence-electron chi connectivity index (χ4n) is 1.16. The number of hydrogen-bond acceptors (Lipinski definition) is 4. The molecule has 0 amide bonds. The van der Waals surface area contributed by atoms with E-state index < -0.39 is 0 Å². The first-order valence-electron chi connectivity index (χ1n) is 4.99. The first-order valence-corrected chi connectivity index (χ1v) is 8.99. The SMILES string of the molecule is [Cl][Pd][Cl].c1ccc(NCNc2ccccn2)nc1. The number of pyridine rings is 2. The van der Waals surface area contributed by atoms with Crippen molar-refractivity contribution in [2.24, 2.45) is 0 Å². The zero-order valence-corrected chi connectivity index (χ0v) is 12.4. The summed E-state index contributed by atoms with van der Waals surface area (Å²) < 4.78 is 0. The summed E-state index contributed by atoms with van der Waals surface area (Å²) in [6.45, 7) is 0.605. The molecule has 0 aliphatic carbocycles. The molecular weight excluding hydrogens is 365 g/mol. The molecule has 18 heavy (non-hydrogen) atoms. The fraction of sp³-hybridized carbons (Fsp3) is 0.0909. The summed E-state index contributed by atoms with van der Waals surface area (Å²) in [7, 11) is 9.63. The quantitative estimate of drug-likeness (QED) is 0.634. The van der Waals surface area contributed by atoms with Crippen molar-refractivity contribution in [2.45, 2.75) is 0 Å². The first kappa shape index (κ1) is 15.2. The van der Waals surface area contributed by atoms with E-state index >= 15 is 0 Å². The van der Waals surface area contributed by atoms with Crippen LogP contribution in [-0.4, -0.2) is 16.6 Å². The maximum atomic E-state index is 4.81. The number of hydrogen-bond donors (Lipinski definition) is 2. The minimum Gasteiger partial charge on any atom is -0.353 e. The number of halogens is 2. The van der Waals surface area contributed by atoms with Gasteiger partial charge in [0, 0.05) is 12.4 Å². The summed E-state index contributed by atoms with van der Waals surface area (Å²) in [5, 5.41) is 6.26. The monoisotopic (exact) mass is 376 g/mol.